The van der Waals surface area contributed by atoms with Crippen molar-refractivity contribution in [2.24, 2.45) is 0 Å². The molecule has 0 radical (unpaired) electrons. The standard InChI is InChI=1S/C15H15N3O2S/c1-18(14-7-4-5-12(9-14)10-16)21(19,20)11-13-6-2-3-8-15(13)17/h2-9H,11,17H2,1H3. The minimum atomic E-state index is -3.57. The molecule has 6 heteroatoms. The number of sulfonamides is 1. The molecule has 108 valence electrons. The van der Waals surface area contributed by atoms with Gasteiger partial charge in [0.25, 0.3) is 0 Å². The number of rotatable bonds is 4. The Labute approximate surface area is 124 Å². The van der Waals surface area contributed by atoms with Crippen LogP contribution in [0.2, 0.25) is 0 Å². The summed E-state index contributed by atoms with van der Waals surface area (Å²) in [6.45, 7) is 0. The lowest BCUT2D eigenvalue weighted by molar-refractivity contribution is 0.593. The van der Waals surface area contributed by atoms with Crippen molar-refractivity contribution in [2.75, 3.05) is 17.1 Å². The number of nitrogens with zero attached hydrogens (tertiary/aromatic N) is 2. The maximum absolute atomic E-state index is 12.4. The number of benzene rings is 2. The summed E-state index contributed by atoms with van der Waals surface area (Å²) in [4.78, 5) is 0. The molecule has 0 aromatic heterocycles. The van der Waals surface area contributed by atoms with Crippen LogP contribution in [-0.2, 0) is 15.8 Å². The minimum absolute atomic E-state index is 0.188. The molecular formula is C15H15N3O2S. The van der Waals surface area contributed by atoms with Gasteiger partial charge in [-0.15, -0.1) is 0 Å². The molecule has 0 fully saturated rings. The van der Waals surface area contributed by atoms with Crippen LogP contribution in [0.4, 0.5) is 11.4 Å². The second-order valence-corrected chi connectivity index (χ2v) is 6.58. The van der Waals surface area contributed by atoms with Crippen LogP contribution in [0.15, 0.2) is 48.5 Å². The van der Waals surface area contributed by atoms with Gasteiger partial charge in [-0.2, -0.15) is 5.26 Å². The van der Waals surface area contributed by atoms with E-state index >= 15 is 0 Å². The monoisotopic (exact) mass is 301 g/mol. The van der Waals surface area contributed by atoms with Crippen LogP contribution >= 0.6 is 0 Å². The van der Waals surface area contributed by atoms with E-state index in [2.05, 4.69) is 0 Å². The predicted molar refractivity (Wildman–Crippen MR) is 83.0 cm³/mol. The molecule has 21 heavy (non-hydrogen) atoms. The highest BCUT2D eigenvalue weighted by Gasteiger charge is 2.20. The Morgan fingerprint density at radius 3 is 2.57 bits per heavy atom. The molecule has 0 spiro atoms. The zero-order chi connectivity index (χ0) is 15.5. The highest BCUT2D eigenvalue weighted by Crippen LogP contribution is 2.22. The summed E-state index contributed by atoms with van der Waals surface area (Å²) in [6, 6.07) is 15.3. The molecule has 0 aliphatic rings. The molecule has 0 bridgehead atoms. The molecule has 5 nitrogen and oxygen atoms in total. The number of anilines is 2. The Balaban J connectivity index is 2.31. The van der Waals surface area contributed by atoms with Crippen molar-refractivity contribution in [3.8, 4) is 6.07 Å². The van der Waals surface area contributed by atoms with Crippen molar-refractivity contribution in [3.05, 3.63) is 59.7 Å². The van der Waals surface area contributed by atoms with Gasteiger partial charge < -0.3 is 5.73 Å². The second-order valence-electron chi connectivity index (χ2n) is 4.58. The van der Waals surface area contributed by atoms with Crippen molar-refractivity contribution in [3.63, 3.8) is 0 Å². The first kappa shape index (κ1) is 14.9. The molecule has 0 unspecified atom stereocenters. The van der Waals surface area contributed by atoms with Gasteiger partial charge in [0.05, 0.1) is 23.1 Å². The van der Waals surface area contributed by atoms with Crippen LogP contribution in [-0.4, -0.2) is 15.5 Å². The van der Waals surface area contributed by atoms with Crippen LogP contribution in [0.1, 0.15) is 11.1 Å². The summed E-state index contributed by atoms with van der Waals surface area (Å²) in [5, 5.41) is 8.88. The molecule has 0 atom stereocenters. The number of nitrogen functional groups attached to an aromatic ring is 1. The summed E-state index contributed by atoms with van der Waals surface area (Å²) in [5.74, 6) is -0.188. The topological polar surface area (TPSA) is 87.2 Å². The first-order valence-electron chi connectivity index (χ1n) is 6.24. The average molecular weight is 301 g/mol. The number of nitrogens with two attached hydrogens (primary N) is 1. The maximum atomic E-state index is 12.4. The van der Waals surface area contributed by atoms with E-state index in [1.165, 1.54) is 17.4 Å². The van der Waals surface area contributed by atoms with Crippen molar-refractivity contribution in [1.82, 2.24) is 0 Å². The highest BCUT2D eigenvalue weighted by atomic mass is 32.2. The molecular weight excluding hydrogens is 286 g/mol. The van der Waals surface area contributed by atoms with Gasteiger partial charge >= 0.3 is 0 Å². The third kappa shape index (κ3) is 3.33. The van der Waals surface area contributed by atoms with E-state index in [4.69, 9.17) is 11.0 Å². The molecule has 0 aliphatic heterocycles. The van der Waals surface area contributed by atoms with Crippen LogP contribution in [0.3, 0.4) is 0 Å². The Morgan fingerprint density at radius 2 is 1.90 bits per heavy atom. The first-order valence-corrected chi connectivity index (χ1v) is 7.85. The summed E-state index contributed by atoms with van der Waals surface area (Å²) in [5.41, 5.74) is 7.65. The Kier molecular flexibility index (Phi) is 4.15. The van der Waals surface area contributed by atoms with E-state index in [0.717, 1.165) is 0 Å². The van der Waals surface area contributed by atoms with Crippen LogP contribution in [0.5, 0.6) is 0 Å². The predicted octanol–water partition coefficient (Wildman–Crippen LogP) is 2.11. The fourth-order valence-electron chi connectivity index (χ4n) is 1.89. The van der Waals surface area contributed by atoms with Crippen LogP contribution in [0.25, 0.3) is 0 Å². The molecule has 2 aromatic rings. The van der Waals surface area contributed by atoms with Gasteiger partial charge in [-0.3, -0.25) is 4.31 Å². The summed E-state index contributed by atoms with van der Waals surface area (Å²) < 4.78 is 26.0. The van der Waals surface area contributed by atoms with Gasteiger partial charge in [0.2, 0.25) is 10.0 Å². The molecule has 0 saturated heterocycles. The van der Waals surface area contributed by atoms with Gasteiger partial charge in [0, 0.05) is 12.7 Å². The molecule has 0 heterocycles. The molecule has 0 saturated carbocycles. The van der Waals surface area contributed by atoms with Crippen molar-refractivity contribution >= 4 is 21.4 Å². The third-order valence-electron chi connectivity index (χ3n) is 3.15. The number of hydrogen-bond acceptors (Lipinski definition) is 4. The third-order valence-corrected chi connectivity index (χ3v) is 4.87. The van der Waals surface area contributed by atoms with Crippen LogP contribution in [0, 0.1) is 11.3 Å². The normalized spacial score (nSPS) is 10.9. The highest BCUT2D eigenvalue weighted by molar-refractivity contribution is 7.92. The summed E-state index contributed by atoms with van der Waals surface area (Å²) in [7, 11) is -2.11. The van der Waals surface area contributed by atoms with E-state index < -0.39 is 10.0 Å². The largest absolute Gasteiger partial charge is 0.398 e. The van der Waals surface area contributed by atoms with Gasteiger partial charge in [-0.1, -0.05) is 24.3 Å². The van der Waals surface area contributed by atoms with Crippen molar-refractivity contribution in [1.29, 1.82) is 5.26 Å². The second kappa shape index (κ2) is 5.85. The lowest BCUT2D eigenvalue weighted by atomic mass is 10.2. The van der Waals surface area contributed by atoms with Gasteiger partial charge in [0.1, 0.15) is 0 Å². The lowest BCUT2D eigenvalue weighted by Crippen LogP contribution is -2.28. The van der Waals surface area contributed by atoms with E-state index in [0.29, 0.717) is 22.5 Å². The lowest BCUT2D eigenvalue weighted by Gasteiger charge is -2.20. The van der Waals surface area contributed by atoms with E-state index in [-0.39, 0.29) is 5.75 Å². The average Bonchev–Trinajstić information content (AvgIpc) is 2.48. The van der Waals surface area contributed by atoms with Gasteiger partial charge in [-0.05, 0) is 29.8 Å². The summed E-state index contributed by atoms with van der Waals surface area (Å²) in [6.07, 6.45) is 0. The number of para-hydroxylation sites is 1. The maximum Gasteiger partial charge on any atom is 0.239 e. The van der Waals surface area contributed by atoms with Gasteiger partial charge in [-0.25, -0.2) is 8.42 Å². The minimum Gasteiger partial charge on any atom is -0.398 e. The SMILES string of the molecule is CN(c1cccc(C#N)c1)S(=O)(=O)Cc1ccccc1N. The number of nitriles is 1. The van der Waals surface area contributed by atoms with Gasteiger partial charge in [0.15, 0.2) is 0 Å². The van der Waals surface area contributed by atoms with Crippen molar-refractivity contribution in [2.45, 2.75) is 5.75 Å². The first-order chi connectivity index (χ1) is 9.94. The molecule has 2 aromatic carbocycles. The van der Waals surface area contributed by atoms with Crippen LogP contribution < -0.4 is 10.0 Å². The van der Waals surface area contributed by atoms with Crippen molar-refractivity contribution < 1.29 is 8.42 Å². The zero-order valence-electron chi connectivity index (χ0n) is 11.5. The summed E-state index contributed by atoms with van der Waals surface area (Å²) >= 11 is 0. The molecule has 0 aliphatic carbocycles. The quantitative estimate of drug-likeness (QED) is 0.876. The van der Waals surface area contributed by atoms with E-state index in [1.54, 1.807) is 42.5 Å². The smallest absolute Gasteiger partial charge is 0.239 e. The number of hydrogen-bond donors (Lipinski definition) is 1. The zero-order valence-corrected chi connectivity index (χ0v) is 12.3. The van der Waals surface area contributed by atoms with E-state index in [9.17, 15) is 8.42 Å². The molecule has 2 N–H and O–H groups in total. The molecule has 0 amide bonds. The fourth-order valence-corrected chi connectivity index (χ4v) is 3.18. The Bertz CT molecular complexity index is 795. The Morgan fingerprint density at radius 1 is 1.19 bits per heavy atom. The fraction of sp³-hybridized carbons (Fsp3) is 0.133. The molecule has 2 rings (SSSR count). The Hall–Kier alpha value is -2.52. The van der Waals surface area contributed by atoms with E-state index in [1.807, 2.05) is 6.07 Å².